The fourth-order valence-corrected chi connectivity index (χ4v) is 7.07. The Kier molecular flexibility index (Phi) is 4.67. The fourth-order valence-electron chi connectivity index (χ4n) is 5.82. The van der Waals surface area contributed by atoms with Gasteiger partial charge < -0.3 is 4.57 Å². The van der Waals surface area contributed by atoms with Gasteiger partial charge in [0.2, 0.25) is 0 Å². The second-order valence-corrected chi connectivity index (χ2v) is 10.5. The van der Waals surface area contributed by atoms with Crippen molar-refractivity contribution in [2.45, 2.75) is 13.8 Å². The molecule has 7 rings (SSSR count). The van der Waals surface area contributed by atoms with Crippen molar-refractivity contribution in [2.75, 3.05) is 0 Å². The number of rotatable bonds is 3. The minimum absolute atomic E-state index is 1.19. The molecule has 2 heteroatoms. The van der Waals surface area contributed by atoms with Crippen LogP contribution < -0.4 is 0 Å². The number of thiophene rings is 1. The molecular weight excluding hydrogens is 454 g/mol. The molecule has 0 aliphatic heterocycles. The highest BCUT2D eigenvalue weighted by Gasteiger charge is 2.21. The van der Waals surface area contributed by atoms with Crippen LogP contribution >= 0.6 is 11.3 Å². The molecular formula is C34H25NS. The third-order valence-corrected chi connectivity index (χ3v) is 8.54. The molecule has 0 atom stereocenters. The SMILES string of the molecule is C=Cc1c(/C=C\C)c2sc3ccccc3c2c2c1ccc1c2c2ccccc2n1-c1ccc(C)cc1. The predicted octanol–water partition coefficient (Wildman–Crippen LogP) is 10.3. The molecule has 2 heterocycles. The minimum Gasteiger partial charge on any atom is -0.309 e. The fraction of sp³-hybridized carbons (Fsp3) is 0.0588. The van der Waals surface area contributed by atoms with Crippen molar-refractivity contribution < 1.29 is 0 Å². The van der Waals surface area contributed by atoms with E-state index < -0.39 is 0 Å². The Hall–Kier alpha value is -4.14. The zero-order chi connectivity index (χ0) is 24.4. The van der Waals surface area contributed by atoms with Crippen LogP contribution in [-0.4, -0.2) is 4.57 Å². The van der Waals surface area contributed by atoms with Gasteiger partial charge in [-0.1, -0.05) is 85.0 Å². The lowest BCUT2D eigenvalue weighted by atomic mass is 9.91. The number of nitrogens with zero attached hydrogens (tertiary/aromatic N) is 1. The summed E-state index contributed by atoms with van der Waals surface area (Å²) in [6.07, 6.45) is 6.42. The van der Waals surface area contributed by atoms with Crippen molar-refractivity contribution >= 4 is 76.2 Å². The van der Waals surface area contributed by atoms with E-state index in [4.69, 9.17) is 0 Å². The molecule has 0 fully saturated rings. The molecule has 0 unspecified atom stereocenters. The molecule has 0 bridgehead atoms. The predicted molar refractivity (Wildman–Crippen MR) is 161 cm³/mol. The number of allylic oxidation sites excluding steroid dienone is 1. The van der Waals surface area contributed by atoms with E-state index in [0.29, 0.717) is 0 Å². The first-order valence-corrected chi connectivity index (χ1v) is 13.2. The molecule has 0 radical (unpaired) electrons. The Morgan fingerprint density at radius 2 is 1.44 bits per heavy atom. The lowest BCUT2D eigenvalue weighted by Crippen LogP contribution is -1.94. The maximum Gasteiger partial charge on any atom is 0.0547 e. The van der Waals surface area contributed by atoms with Crippen LogP contribution in [0.4, 0.5) is 0 Å². The average molecular weight is 480 g/mol. The summed E-state index contributed by atoms with van der Waals surface area (Å²) in [5.74, 6) is 0. The van der Waals surface area contributed by atoms with Gasteiger partial charge in [0.25, 0.3) is 0 Å². The van der Waals surface area contributed by atoms with Crippen LogP contribution in [-0.2, 0) is 0 Å². The number of para-hydroxylation sites is 1. The van der Waals surface area contributed by atoms with E-state index in [2.05, 4.69) is 122 Å². The molecule has 36 heavy (non-hydrogen) atoms. The normalized spacial score (nSPS) is 12.2. The van der Waals surface area contributed by atoms with Crippen molar-refractivity contribution in [1.29, 1.82) is 0 Å². The number of benzene rings is 5. The summed E-state index contributed by atoms with van der Waals surface area (Å²) in [4.78, 5) is 0. The lowest BCUT2D eigenvalue weighted by molar-refractivity contribution is 1.18. The van der Waals surface area contributed by atoms with Gasteiger partial charge in [-0.15, -0.1) is 11.3 Å². The zero-order valence-corrected chi connectivity index (χ0v) is 21.2. The maximum atomic E-state index is 4.25. The smallest absolute Gasteiger partial charge is 0.0547 e. The van der Waals surface area contributed by atoms with Gasteiger partial charge in [-0.3, -0.25) is 0 Å². The van der Waals surface area contributed by atoms with E-state index in [1.54, 1.807) is 0 Å². The summed E-state index contributed by atoms with van der Waals surface area (Å²) in [6, 6.07) is 31.1. The van der Waals surface area contributed by atoms with Crippen LogP contribution in [0.3, 0.4) is 0 Å². The van der Waals surface area contributed by atoms with Gasteiger partial charge in [-0.2, -0.15) is 0 Å². The molecule has 0 saturated heterocycles. The number of hydrogen-bond donors (Lipinski definition) is 0. The number of aromatic nitrogens is 1. The van der Waals surface area contributed by atoms with Crippen molar-refractivity contribution in [1.82, 2.24) is 4.57 Å². The molecule has 5 aromatic carbocycles. The number of aryl methyl sites for hydroxylation is 1. The van der Waals surface area contributed by atoms with Gasteiger partial charge in [0.15, 0.2) is 0 Å². The molecule has 0 amide bonds. The average Bonchev–Trinajstić information content (AvgIpc) is 3.46. The lowest BCUT2D eigenvalue weighted by Gasteiger charge is -2.13. The Bertz CT molecular complexity index is 2010. The van der Waals surface area contributed by atoms with Gasteiger partial charge in [-0.05, 0) is 60.7 Å². The summed E-state index contributed by atoms with van der Waals surface area (Å²) in [5.41, 5.74) is 7.39. The summed E-state index contributed by atoms with van der Waals surface area (Å²) in [6.45, 7) is 8.49. The molecule has 0 aliphatic carbocycles. The summed E-state index contributed by atoms with van der Waals surface area (Å²) < 4.78 is 5.06. The number of fused-ring (bicyclic) bond motifs is 9. The second-order valence-electron chi connectivity index (χ2n) is 9.40. The van der Waals surface area contributed by atoms with E-state index in [-0.39, 0.29) is 0 Å². The van der Waals surface area contributed by atoms with Gasteiger partial charge >= 0.3 is 0 Å². The standard InChI is InChI=1S/C34H25NS/c1-4-10-25-23(5-2)24-19-20-29-31(32(24)33-27-12-7-9-14-30(27)36-34(25)33)26-11-6-8-13-28(26)35(29)22-17-15-21(3)16-18-22/h4-20H,2H2,1,3H3/b10-4-. The van der Waals surface area contributed by atoms with Crippen molar-refractivity contribution in [2.24, 2.45) is 0 Å². The first kappa shape index (κ1) is 21.2. The highest BCUT2D eigenvalue weighted by molar-refractivity contribution is 7.26. The summed E-state index contributed by atoms with van der Waals surface area (Å²) >= 11 is 1.89. The van der Waals surface area contributed by atoms with Gasteiger partial charge in [0.05, 0.1) is 11.0 Å². The Morgan fingerprint density at radius 1 is 0.694 bits per heavy atom. The van der Waals surface area contributed by atoms with Gasteiger partial charge in [0, 0.05) is 42.0 Å². The molecule has 0 aliphatic rings. The largest absolute Gasteiger partial charge is 0.309 e. The maximum absolute atomic E-state index is 4.25. The van der Waals surface area contributed by atoms with Crippen LogP contribution in [0.15, 0.2) is 97.6 Å². The summed E-state index contributed by atoms with van der Waals surface area (Å²) in [7, 11) is 0. The van der Waals surface area contributed by atoms with Crippen LogP contribution in [0, 0.1) is 6.92 Å². The Morgan fingerprint density at radius 3 is 2.22 bits per heavy atom. The van der Waals surface area contributed by atoms with Crippen LogP contribution in [0.1, 0.15) is 23.6 Å². The number of hydrogen-bond acceptors (Lipinski definition) is 1. The van der Waals surface area contributed by atoms with Crippen molar-refractivity contribution in [3.63, 3.8) is 0 Å². The zero-order valence-electron chi connectivity index (χ0n) is 20.4. The Balaban J connectivity index is 1.81. The second kappa shape index (κ2) is 7.94. The Labute approximate surface area is 214 Å². The molecule has 172 valence electrons. The third-order valence-electron chi connectivity index (χ3n) is 7.34. The van der Waals surface area contributed by atoms with E-state index in [0.717, 1.165) is 0 Å². The van der Waals surface area contributed by atoms with Crippen molar-refractivity contribution in [3.8, 4) is 5.69 Å². The van der Waals surface area contributed by atoms with E-state index in [9.17, 15) is 0 Å². The van der Waals surface area contributed by atoms with Crippen LogP contribution in [0.5, 0.6) is 0 Å². The molecule has 7 aromatic rings. The molecule has 1 nitrogen and oxygen atoms in total. The first-order chi connectivity index (χ1) is 17.7. The topological polar surface area (TPSA) is 4.93 Å². The molecule has 0 N–H and O–H groups in total. The molecule has 0 saturated carbocycles. The monoisotopic (exact) mass is 479 g/mol. The molecule has 0 spiro atoms. The third kappa shape index (κ3) is 2.82. The minimum atomic E-state index is 1.19. The highest BCUT2D eigenvalue weighted by Crippen LogP contribution is 2.48. The van der Waals surface area contributed by atoms with Gasteiger partial charge in [0.1, 0.15) is 0 Å². The first-order valence-electron chi connectivity index (χ1n) is 12.4. The van der Waals surface area contributed by atoms with Gasteiger partial charge in [-0.25, -0.2) is 0 Å². The van der Waals surface area contributed by atoms with Crippen LogP contribution in [0.2, 0.25) is 0 Å². The van der Waals surface area contributed by atoms with E-state index in [1.165, 1.54) is 75.1 Å². The van der Waals surface area contributed by atoms with E-state index in [1.807, 2.05) is 17.4 Å². The quantitative estimate of drug-likeness (QED) is 0.237. The van der Waals surface area contributed by atoms with Crippen molar-refractivity contribution in [3.05, 3.63) is 114 Å². The van der Waals surface area contributed by atoms with E-state index >= 15 is 0 Å². The van der Waals surface area contributed by atoms with Crippen LogP contribution in [0.25, 0.3) is 70.6 Å². The summed E-state index contributed by atoms with van der Waals surface area (Å²) in [5, 5.41) is 7.85. The molecule has 2 aromatic heterocycles. The highest BCUT2D eigenvalue weighted by atomic mass is 32.1.